The molecule has 2 aromatic rings. The van der Waals surface area contributed by atoms with Crippen molar-refractivity contribution in [1.82, 2.24) is 20.8 Å². The molecule has 0 amide bonds. The van der Waals surface area contributed by atoms with Crippen molar-refractivity contribution in [2.75, 3.05) is 19.0 Å². The van der Waals surface area contributed by atoms with Gasteiger partial charge in [-0.1, -0.05) is 0 Å². The summed E-state index contributed by atoms with van der Waals surface area (Å²) in [4.78, 5) is 2.12. The summed E-state index contributed by atoms with van der Waals surface area (Å²) in [6.07, 6.45) is 4.58. The molecule has 4 N–H and O–H groups in total. The van der Waals surface area contributed by atoms with Gasteiger partial charge in [-0.25, -0.2) is 4.39 Å². The first-order valence-corrected chi connectivity index (χ1v) is 10.7. The largest absolute Gasteiger partial charge is 0.507 e. The van der Waals surface area contributed by atoms with E-state index in [4.69, 9.17) is 5.41 Å². The van der Waals surface area contributed by atoms with Crippen molar-refractivity contribution >= 4 is 17.6 Å². The molecule has 0 atom stereocenters. The van der Waals surface area contributed by atoms with E-state index in [-0.39, 0.29) is 34.1 Å². The molecule has 0 radical (unpaired) electrons. The molecule has 1 aromatic carbocycles. The van der Waals surface area contributed by atoms with Gasteiger partial charge in [0, 0.05) is 49.2 Å². The molecule has 7 nitrogen and oxygen atoms in total. The minimum absolute atomic E-state index is 0.00177. The zero-order valence-corrected chi connectivity index (χ0v) is 19.6. The summed E-state index contributed by atoms with van der Waals surface area (Å²) in [6.45, 7) is 8.81. The Hall–Kier alpha value is -3.00. The number of hydrogen-bond donors (Lipinski definition) is 4. The Morgan fingerprint density at radius 1 is 1.22 bits per heavy atom. The number of anilines is 1. The molecular weight excluding hydrogens is 407 g/mol. The van der Waals surface area contributed by atoms with Crippen molar-refractivity contribution in [2.24, 2.45) is 0 Å². The molecule has 0 aliphatic carbocycles. The zero-order valence-electron chi connectivity index (χ0n) is 19.6. The molecule has 0 spiro atoms. The highest BCUT2D eigenvalue weighted by atomic mass is 19.1. The fourth-order valence-electron chi connectivity index (χ4n) is 4.75. The lowest BCUT2D eigenvalue weighted by atomic mass is 9.79. The third-order valence-electron chi connectivity index (χ3n) is 5.84. The molecule has 0 saturated carbocycles. The highest BCUT2D eigenvalue weighted by molar-refractivity contribution is 6.08. The average molecular weight is 441 g/mol. The van der Waals surface area contributed by atoms with Gasteiger partial charge in [0.2, 0.25) is 0 Å². The third-order valence-corrected chi connectivity index (χ3v) is 5.84. The van der Waals surface area contributed by atoms with Crippen molar-refractivity contribution in [1.29, 1.82) is 5.41 Å². The molecule has 2 heterocycles. The predicted octanol–water partition coefficient (Wildman–Crippen LogP) is 3.94. The Morgan fingerprint density at radius 2 is 1.88 bits per heavy atom. The highest BCUT2D eigenvalue weighted by Gasteiger charge is 2.39. The van der Waals surface area contributed by atoms with E-state index in [1.54, 1.807) is 25.4 Å². The van der Waals surface area contributed by atoms with Crippen LogP contribution in [0.5, 0.6) is 5.75 Å². The van der Waals surface area contributed by atoms with Crippen LogP contribution in [0, 0.1) is 11.2 Å². The summed E-state index contributed by atoms with van der Waals surface area (Å²) in [7, 11) is 3.69. The molecule has 1 aromatic heterocycles. The predicted molar refractivity (Wildman–Crippen MR) is 128 cm³/mol. The number of aromatic hydroxyl groups is 1. The first-order valence-electron chi connectivity index (χ1n) is 10.7. The lowest BCUT2D eigenvalue weighted by molar-refractivity contribution is 0.160. The first-order chi connectivity index (χ1) is 15.0. The standard InChI is InChI=1S/C24H33FN6O/c1-23(2)11-17(12-24(3,4)30-23)31(6)21-8-7-19(28-29-21)22-18(25)9-15(10-20(22)32)16(13-26)14-27-5/h7-10,13-14,17,26-27,30,32H,11-12H2,1-6H3/b16-14+,26-13?. The van der Waals surface area contributed by atoms with Crippen LogP contribution >= 0.6 is 0 Å². The van der Waals surface area contributed by atoms with Crippen LogP contribution < -0.4 is 15.5 Å². The van der Waals surface area contributed by atoms with Crippen molar-refractivity contribution < 1.29 is 9.50 Å². The average Bonchev–Trinajstić information content (AvgIpc) is 2.69. The lowest BCUT2D eigenvalue weighted by Gasteiger charge is -2.49. The molecule has 172 valence electrons. The van der Waals surface area contributed by atoms with Gasteiger partial charge < -0.3 is 26.0 Å². The molecule has 0 unspecified atom stereocenters. The molecule has 1 fully saturated rings. The number of nitrogens with zero attached hydrogens (tertiary/aromatic N) is 3. The number of aromatic nitrogens is 2. The van der Waals surface area contributed by atoms with E-state index in [0.29, 0.717) is 17.0 Å². The third kappa shape index (κ3) is 5.07. The Labute approximate surface area is 189 Å². The molecule has 8 heteroatoms. The maximum Gasteiger partial charge on any atom is 0.151 e. The van der Waals surface area contributed by atoms with Crippen LogP contribution in [-0.4, -0.2) is 52.7 Å². The fraction of sp³-hybridized carbons (Fsp3) is 0.458. The number of phenolic OH excluding ortho intramolecular Hbond substituents is 1. The lowest BCUT2D eigenvalue weighted by Crippen LogP contribution is -2.62. The van der Waals surface area contributed by atoms with Crippen LogP contribution in [0.25, 0.3) is 16.8 Å². The molecule has 1 saturated heterocycles. The van der Waals surface area contributed by atoms with Gasteiger partial charge in [0.1, 0.15) is 11.6 Å². The second kappa shape index (κ2) is 8.86. The number of benzene rings is 1. The summed E-state index contributed by atoms with van der Waals surface area (Å²) in [5, 5.41) is 33.0. The van der Waals surface area contributed by atoms with Crippen LogP contribution in [0.3, 0.4) is 0 Å². The van der Waals surface area contributed by atoms with Crippen molar-refractivity contribution in [2.45, 2.75) is 57.7 Å². The Bertz CT molecular complexity index is 977. The Morgan fingerprint density at radius 3 is 2.38 bits per heavy atom. The van der Waals surface area contributed by atoms with E-state index in [0.717, 1.165) is 19.1 Å². The summed E-state index contributed by atoms with van der Waals surface area (Å²) in [5.41, 5.74) is 1.10. The summed E-state index contributed by atoms with van der Waals surface area (Å²) in [5.74, 6) is -0.172. The van der Waals surface area contributed by atoms with Gasteiger partial charge in [0.05, 0.1) is 11.3 Å². The van der Waals surface area contributed by atoms with E-state index >= 15 is 0 Å². The van der Waals surface area contributed by atoms with E-state index < -0.39 is 5.82 Å². The number of allylic oxidation sites excluding steroid dienone is 1. The van der Waals surface area contributed by atoms with Gasteiger partial charge in [-0.3, -0.25) is 0 Å². The Kier molecular flexibility index (Phi) is 6.55. The summed E-state index contributed by atoms with van der Waals surface area (Å²) in [6, 6.07) is 6.47. The monoisotopic (exact) mass is 440 g/mol. The minimum Gasteiger partial charge on any atom is -0.507 e. The normalized spacial score (nSPS) is 18.3. The van der Waals surface area contributed by atoms with Gasteiger partial charge in [0.15, 0.2) is 5.82 Å². The van der Waals surface area contributed by atoms with E-state index in [2.05, 4.69) is 53.4 Å². The number of halogens is 1. The van der Waals surface area contributed by atoms with E-state index in [9.17, 15) is 9.50 Å². The van der Waals surface area contributed by atoms with Crippen molar-refractivity contribution in [3.8, 4) is 17.0 Å². The van der Waals surface area contributed by atoms with E-state index in [1.165, 1.54) is 12.1 Å². The van der Waals surface area contributed by atoms with Crippen LogP contribution in [0.4, 0.5) is 10.2 Å². The number of hydrogen-bond acceptors (Lipinski definition) is 7. The van der Waals surface area contributed by atoms with Crippen LogP contribution in [-0.2, 0) is 0 Å². The highest BCUT2D eigenvalue weighted by Crippen LogP contribution is 2.35. The second-order valence-electron chi connectivity index (χ2n) is 9.73. The first kappa shape index (κ1) is 23.7. The number of nitrogens with one attached hydrogen (secondary N) is 3. The molecule has 0 bridgehead atoms. The topological polar surface area (TPSA) is 97.2 Å². The van der Waals surface area contributed by atoms with Gasteiger partial charge in [-0.15, -0.1) is 10.2 Å². The van der Waals surface area contributed by atoms with Crippen molar-refractivity contribution in [3.05, 3.63) is 41.8 Å². The molecular formula is C24H33FN6O. The molecule has 1 aliphatic rings. The van der Waals surface area contributed by atoms with Crippen LogP contribution in [0.1, 0.15) is 46.1 Å². The SMILES string of the molecule is CN/C=C(\C=N)c1cc(O)c(-c2ccc(N(C)C3CC(C)(C)NC(C)(C)C3)nn2)c(F)c1. The number of piperidine rings is 1. The zero-order chi connectivity index (χ0) is 23.7. The number of phenols is 1. The van der Waals surface area contributed by atoms with E-state index in [1.807, 2.05) is 7.05 Å². The maximum atomic E-state index is 14.9. The summed E-state index contributed by atoms with van der Waals surface area (Å²) >= 11 is 0. The van der Waals surface area contributed by atoms with Gasteiger partial charge in [-0.2, -0.15) is 0 Å². The smallest absolute Gasteiger partial charge is 0.151 e. The fourth-order valence-corrected chi connectivity index (χ4v) is 4.75. The summed E-state index contributed by atoms with van der Waals surface area (Å²) < 4.78 is 14.9. The Balaban J connectivity index is 1.87. The minimum atomic E-state index is -0.624. The van der Waals surface area contributed by atoms with Crippen LogP contribution in [0.2, 0.25) is 0 Å². The van der Waals surface area contributed by atoms with Crippen LogP contribution in [0.15, 0.2) is 30.5 Å². The van der Waals surface area contributed by atoms with Gasteiger partial charge >= 0.3 is 0 Å². The quantitative estimate of drug-likeness (QED) is 0.508. The van der Waals surface area contributed by atoms with Gasteiger partial charge in [0.25, 0.3) is 0 Å². The van der Waals surface area contributed by atoms with Gasteiger partial charge in [-0.05, 0) is 70.4 Å². The second-order valence-corrected chi connectivity index (χ2v) is 9.73. The number of rotatable bonds is 6. The molecule has 32 heavy (non-hydrogen) atoms. The maximum absolute atomic E-state index is 14.9. The molecule has 1 aliphatic heterocycles. The molecule has 3 rings (SSSR count). The van der Waals surface area contributed by atoms with Crippen molar-refractivity contribution in [3.63, 3.8) is 0 Å².